The van der Waals surface area contributed by atoms with Crippen LogP contribution in [0.2, 0.25) is 0 Å². The van der Waals surface area contributed by atoms with Crippen molar-refractivity contribution in [2.45, 2.75) is 0 Å². The van der Waals surface area contributed by atoms with Crippen LogP contribution in [0.15, 0.2) is 24.3 Å². The van der Waals surface area contributed by atoms with Crippen molar-refractivity contribution in [1.82, 2.24) is 0 Å². The molecule has 0 aliphatic heterocycles. The van der Waals surface area contributed by atoms with Crippen molar-refractivity contribution in [2.24, 2.45) is 0 Å². The first-order chi connectivity index (χ1) is 5.24. The molecule has 0 N–H and O–H groups in total. The van der Waals surface area contributed by atoms with E-state index in [1.807, 2.05) is 0 Å². The van der Waals surface area contributed by atoms with E-state index in [2.05, 4.69) is 15.9 Å². The van der Waals surface area contributed by atoms with E-state index < -0.39 is 0 Å². The number of benzene rings is 1. The Kier molecular flexibility index (Phi) is 2.88. The minimum atomic E-state index is 0.0531. The zero-order valence-electron chi connectivity index (χ0n) is 5.88. The molecule has 54 valence electrons. The van der Waals surface area contributed by atoms with Gasteiger partial charge in [0.2, 0.25) is 0 Å². The molecule has 0 amide bonds. The van der Waals surface area contributed by atoms with Crippen LogP contribution >= 0.6 is 15.9 Å². The van der Waals surface area contributed by atoms with Gasteiger partial charge >= 0.3 is 0 Å². The number of carbonyl (C=O) groups excluding carboxylic acids is 1. The largest absolute Gasteiger partial charge is 0.293 e. The van der Waals surface area contributed by atoms with Crippen LogP contribution in [-0.2, 0) is 0 Å². The molecule has 1 aromatic rings. The molecule has 0 aliphatic carbocycles. The number of hydrogen-bond donors (Lipinski definition) is 0. The molecule has 0 heterocycles. The number of halogens is 1. The molecule has 0 unspecified atom stereocenters. The summed E-state index contributed by atoms with van der Waals surface area (Å²) in [6, 6.07) is 6.94. The van der Waals surface area contributed by atoms with E-state index in [1.165, 1.54) is 0 Å². The van der Waals surface area contributed by atoms with Crippen molar-refractivity contribution in [3.05, 3.63) is 29.8 Å². The zero-order valence-corrected chi connectivity index (χ0v) is 7.47. The fraction of sp³-hybridized carbons (Fsp3) is 0.125. The Morgan fingerprint density at radius 3 is 2.82 bits per heavy atom. The van der Waals surface area contributed by atoms with Gasteiger partial charge in [-0.05, 0) is 0 Å². The van der Waals surface area contributed by atoms with Gasteiger partial charge in [0.05, 0.1) is 5.33 Å². The van der Waals surface area contributed by atoms with Crippen LogP contribution in [0, 0.1) is 0 Å². The lowest BCUT2D eigenvalue weighted by Crippen LogP contribution is -2.07. The Balaban J connectivity index is 2.96. The van der Waals surface area contributed by atoms with E-state index in [4.69, 9.17) is 7.85 Å². The summed E-state index contributed by atoms with van der Waals surface area (Å²) in [5, 5.41) is 0.344. The van der Waals surface area contributed by atoms with Crippen molar-refractivity contribution in [1.29, 1.82) is 0 Å². The Morgan fingerprint density at radius 2 is 2.27 bits per heavy atom. The first-order valence-corrected chi connectivity index (χ1v) is 4.31. The second kappa shape index (κ2) is 3.72. The normalized spacial score (nSPS) is 9.55. The maximum absolute atomic E-state index is 11.1. The van der Waals surface area contributed by atoms with E-state index in [0.29, 0.717) is 16.4 Å². The highest BCUT2D eigenvalue weighted by atomic mass is 79.9. The average molecular weight is 209 g/mol. The van der Waals surface area contributed by atoms with Crippen LogP contribution in [0.3, 0.4) is 0 Å². The van der Waals surface area contributed by atoms with Gasteiger partial charge in [-0.15, -0.1) is 0 Å². The van der Waals surface area contributed by atoms with Gasteiger partial charge in [-0.3, -0.25) is 4.79 Å². The molecule has 0 aromatic heterocycles. The van der Waals surface area contributed by atoms with Gasteiger partial charge in [0, 0.05) is 5.56 Å². The monoisotopic (exact) mass is 208 g/mol. The summed E-state index contributed by atoms with van der Waals surface area (Å²) in [6.45, 7) is 0. The molecule has 0 atom stereocenters. The molecular weight excluding hydrogens is 203 g/mol. The Bertz CT molecular complexity index is 273. The summed E-state index contributed by atoms with van der Waals surface area (Å²) in [6.07, 6.45) is 0. The third-order valence-corrected chi connectivity index (χ3v) is 1.84. The number of hydrogen-bond acceptors (Lipinski definition) is 1. The van der Waals surface area contributed by atoms with Gasteiger partial charge in [-0.2, -0.15) is 0 Å². The van der Waals surface area contributed by atoms with Crippen molar-refractivity contribution in [2.75, 3.05) is 5.33 Å². The van der Waals surface area contributed by atoms with E-state index in [1.54, 1.807) is 24.3 Å². The predicted octanol–water partition coefficient (Wildman–Crippen LogP) is 1.06. The fourth-order valence-corrected chi connectivity index (χ4v) is 1.11. The smallest absolute Gasteiger partial charge is 0.173 e. The lowest BCUT2D eigenvalue weighted by atomic mass is 9.94. The summed E-state index contributed by atoms with van der Waals surface area (Å²) in [5.74, 6) is 0.0531. The number of rotatable bonds is 2. The highest BCUT2D eigenvalue weighted by molar-refractivity contribution is 9.09. The topological polar surface area (TPSA) is 17.1 Å². The maximum Gasteiger partial charge on any atom is 0.173 e. The van der Waals surface area contributed by atoms with Crippen LogP contribution in [0.1, 0.15) is 10.4 Å². The second-order valence-electron chi connectivity index (χ2n) is 2.18. The summed E-state index contributed by atoms with van der Waals surface area (Å²) >= 11 is 3.09. The van der Waals surface area contributed by atoms with Crippen molar-refractivity contribution in [3.63, 3.8) is 0 Å². The van der Waals surface area contributed by atoms with Crippen molar-refractivity contribution >= 4 is 35.0 Å². The van der Waals surface area contributed by atoms with Gasteiger partial charge in [0.25, 0.3) is 0 Å². The molecule has 2 radical (unpaired) electrons. The molecule has 3 heteroatoms. The number of alkyl halides is 1. The van der Waals surface area contributed by atoms with Gasteiger partial charge < -0.3 is 0 Å². The van der Waals surface area contributed by atoms with Gasteiger partial charge in [0.15, 0.2) is 5.78 Å². The molecule has 0 spiro atoms. The molecule has 0 saturated carbocycles. The van der Waals surface area contributed by atoms with Gasteiger partial charge in [0.1, 0.15) is 7.85 Å². The maximum atomic E-state index is 11.1. The van der Waals surface area contributed by atoms with Crippen LogP contribution < -0.4 is 5.46 Å². The molecule has 1 aromatic carbocycles. The van der Waals surface area contributed by atoms with E-state index in [0.717, 1.165) is 0 Å². The standard InChI is InChI=1S/C8H6BBrO/c9-7-3-1-2-6(4-7)8(11)5-10/h1-4H,5H2. The molecule has 0 aliphatic rings. The number of carbonyl (C=O) groups is 1. The van der Waals surface area contributed by atoms with Gasteiger partial charge in [-0.25, -0.2) is 0 Å². The lowest BCUT2D eigenvalue weighted by molar-refractivity contribution is 0.102. The average Bonchev–Trinajstić information content (AvgIpc) is 2.03. The summed E-state index contributed by atoms with van der Waals surface area (Å²) < 4.78 is 0. The van der Waals surface area contributed by atoms with Gasteiger partial charge in [-0.1, -0.05) is 45.7 Å². The fourth-order valence-electron chi connectivity index (χ4n) is 0.789. The van der Waals surface area contributed by atoms with Crippen LogP contribution in [0.25, 0.3) is 0 Å². The Hall–Kier alpha value is -0.565. The molecule has 0 saturated heterocycles. The Labute approximate surface area is 75.3 Å². The highest BCUT2D eigenvalue weighted by Crippen LogP contribution is 1.99. The predicted molar refractivity (Wildman–Crippen MR) is 50.0 cm³/mol. The first kappa shape index (κ1) is 8.53. The molecule has 0 fully saturated rings. The lowest BCUT2D eigenvalue weighted by Gasteiger charge is -1.97. The summed E-state index contributed by atoms with van der Waals surface area (Å²) in [5.41, 5.74) is 1.28. The van der Waals surface area contributed by atoms with Crippen molar-refractivity contribution < 1.29 is 4.79 Å². The number of ketones is 1. The van der Waals surface area contributed by atoms with E-state index in [-0.39, 0.29) is 5.78 Å². The molecule has 0 bridgehead atoms. The third kappa shape index (κ3) is 2.19. The Morgan fingerprint density at radius 1 is 1.55 bits per heavy atom. The van der Waals surface area contributed by atoms with Crippen LogP contribution in [-0.4, -0.2) is 19.0 Å². The van der Waals surface area contributed by atoms with Crippen molar-refractivity contribution in [3.8, 4) is 0 Å². The van der Waals surface area contributed by atoms with E-state index in [9.17, 15) is 4.79 Å². The zero-order chi connectivity index (χ0) is 8.27. The van der Waals surface area contributed by atoms with Crippen LogP contribution in [0.4, 0.5) is 0 Å². The quantitative estimate of drug-likeness (QED) is 0.404. The third-order valence-electron chi connectivity index (χ3n) is 1.33. The molecule has 1 nitrogen and oxygen atoms in total. The van der Waals surface area contributed by atoms with Crippen LogP contribution in [0.5, 0.6) is 0 Å². The van der Waals surface area contributed by atoms with E-state index >= 15 is 0 Å². The molecular formula is C8H6BBrO. The highest BCUT2D eigenvalue weighted by Gasteiger charge is 2.01. The number of Topliss-reactive ketones (excluding diaryl/α,β-unsaturated/α-hetero) is 1. The second-order valence-corrected chi connectivity index (χ2v) is 2.74. The summed E-state index contributed by atoms with van der Waals surface area (Å²) in [4.78, 5) is 11.1. The summed E-state index contributed by atoms with van der Waals surface area (Å²) in [7, 11) is 5.48. The molecule has 1 rings (SSSR count). The minimum absolute atomic E-state index is 0.0531. The SMILES string of the molecule is [B]c1cccc(C(=O)CBr)c1. The minimum Gasteiger partial charge on any atom is -0.293 e. The first-order valence-electron chi connectivity index (χ1n) is 3.18. The molecule has 11 heavy (non-hydrogen) atoms.